The first-order chi connectivity index (χ1) is 7.86. The number of hydrogen-bond donors (Lipinski definition) is 1. The van der Waals surface area contributed by atoms with Crippen molar-refractivity contribution in [2.75, 3.05) is 13.2 Å². The molecule has 0 atom stereocenters. The van der Waals surface area contributed by atoms with E-state index in [1.54, 1.807) is 0 Å². The zero-order valence-electron chi connectivity index (χ0n) is 8.68. The molecule has 4 heteroatoms. The topological polar surface area (TPSA) is 71.9 Å². The maximum atomic E-state index is 8.98. The Bertz CT molecular complexity index is 545. The molecule has 0 aliphatic heterocycles. The number of rotatable bonds is 3. The summed E-state index contributed by atoms with van der Waals surface area (Å²) in [4.78, 5) is 4.19. The molecular weight excluding hydrogens is 202 g/mol. The number of nitriles is 1. The molecule has 0 radical (unpaired) electrons. The predicted molar refractivity (Wildman–Crippen MR) is 61.0 cm³/mol. The van der Waals surface area contributed by atoms with Crippen LogP contribution in [0.25, 0.3) is 10.9 Å². The number of pyridine rings is 1. The Balaban J connectivity index is 2.60. The lowest BCUT2D eigenvalue weighted by Crippen LogP contribution is -2.11. The smallest absolute Gasteiger partial charge is 0.148 e. The molecule has 16 heavy (non-hydrogen) atoms. The molecule has 0 fully saturated rings. The largest absolute Gasteiger partial charge is 0.490 e. The summed E-state index contributed by atoms with van der Waals surface area (Å²) in [5, 5.41) is 9.82. The predicted octanol–water partition coefficient (Wildman–Crippen LogP) is 1.44. The van der Waals surface area contributed by atoms with Crippen molar-refractivity contribution in [1.29, 1.82) is 5.26 Å². The second kappa shape index (κ2) is 4.60. The van der Waals surface area contributed by atoms with Gasteiger partial charge in [-0.1, -0.05) is 12.1 Å². The molecule has 0 aliphatic carbocycles. The van der Waals surface area contributed by atoms with Gasteiger partial charge in [-0.3, -0.25) is 4.98 Å². The van der Waals surface area contributed by atoms with Crippen molar-refractivity contribution in [1.82, 2.24) is 4.98 Å². The van der Waals surface area contributed by atoms with Crippen LogP contribution in [-0.2, 0) is 0 Å². The van der Waals surface area contributed by atoms with Gasteiger partial charge in [0.15, 0.2) is 0 Å². The van der Waals surface area contributed by atoms with Gasteiger partial charge in [-0.25, -0.2) is 0 Å². The Morgan fingerprint density at radius 1 is 1.38 bits per heavy atom. The third kappa shape index (κ3) is 1.81. The summed E-state index contributed by atoms with van der Waals surface area (Å²) in [5.41, 5.74) is 6.64. The Kier molecular flexibility index (Phi) is 2.99. The first-order valence-electron chi connectivity index (χ1n) is 4.97. The van der Waals surface area contributed by atoms with E-state index in [2.05, 4.69) is 11.1 Å². The van der Waals surface area contributed by atoms with E-state index in [-0.39, 0.29) is 0 Å². The van der Waals surface area contributed by atoms with Gasteiger partial charge in [0, 0.05) is 18.1 Å². The van der Waals surface area contributed by atoms with Crippen molar-refractivity contribution in [3.8, 4) is 11.8 Å². The van der Waals surface area contributed by atoms with Crippen LogP contribution in [0.3, 0.4) is 0 Å². The molecule has 0 aliphatic rings. The van der Waals surface area contributed by atoms with E-state index in [4.69, 9.17) is 15.7 Å². The van der Waals surface area contributed by atoms with Gasteiger partial charge in [-0.2, -0.15) is 5.26 Å². The summed E-state index contributed by atoms with van der Waals surface area (Å²) in [6.07, 6.45) is 1.52. The van der Waals surface area contributed by atoms with Gasteiger partial charge in [-0.05, 0) is 12.1 Å². The van der Waals surface area contributed by atoms with Crippen LogP contribution in [0.1, 0.15) is 5.56 Å². The lowest BCUT2D eigenvalue weighted by atomic mass is 10.1. The molecule has 0 saturated carbocycles. The minimum atomic E-state index is 0.392. The SMILES string of the molecule is N#Cc1cnc2ccccc2c1OCCN. The van der Waals surface area contributed by atoms with Gasteiger partial charge in [-0.15, -0.1) is 0 Å². The van der Waals surface area contributed by atoms with E-state index in [0.29, 0.717) is 24.5 Å². The van der Waals surface area contributed by atoms with Crippen LogP contribution in [0.5, 0.6) is 5.75 Å². The average molecular weight is 213 g/mol. The highest BCUT2D eigenvalue weighted by Gasteiger charge is 2.08. The zero-order valence-corrected chi connectivity index (χ0v) is 8.68. The number of para-hydroxylation sites is 1. The maximum Gasteiger partial charge on any atom is 0.148 e. The molecule has 0 amide bonds. The fourth-order valence-electron chi connectivity index (χ4n) is 1.51. The zero-order chi connectivity index (χ0) is 11.4. The molecule has 4 nitrogen and oxygen atoms in total. The van der Waals surface area contributed by atoms with Gasteiger partial charge in [0.05, 0.1) is 5.52 Å². The van der Waals surface area contributed by atoms with Crippen LogP contribution < -0.4 is 10.5 Å². The summed E-state index contributed by atoms with van der Waals surface area (Å²) in [6, 6.07) is 9.62. The van der Waals surface area contributed by atoms with E-state index in [9.17, 15) is 0 Å². The molecule has 0 saturated heterocycles. The number of fused-ring (bicyclic) bond motifs is 1. The van der Waals surface area contributed by atoms with Crippen LogP contribution in [0.4, 0.5) is 0 Å². The number of aromatic nitrogens is 1. The first kappa shape index (κ1) is 10.4. The van der Waals surface area contributed by atoms with Gasteiger partial charge in [0.1, 0.15) is 24.0 Å². The number of benzene rings is 1. The van der Waals surface area contributed by atoms with E-state index < -0.39 is 0 Å². The molecule has 1 heterocycles. The van der Waals surface area contributed by atoms with Crippen LogP contribution >= 0.6 is 0 Å². The molecular formula is C12H11N3O. The number of hydrogen-bond acceptors (Lipinski definition) is 4. The monoisotopic (exact) mass is 213 g/mol. The van der Waals surface area contributed by atoms with E-state index >= 15 is 0 Å². The molecule has 2 N–H and O–H groups in total. The summed E-state index contributed by atoms with van der Waals surface area (Å²) < 4.78 is 5.50. The number of ether oxygens (including phenoxy) is 1. The molecule has 80 valence electrons. The minimum Gasteiger partial charge on any atom is -0.490 e. The third-order valence-corrected chi connectivity index (χ3v) is 2.21. The van der Waals surface area contributed by atoms with Crippen molar-refractivity contribution in [2.24, 2.45) is 5.73 Å². The number of nitrogens with two attached hydrogens (primary N) is 1. The quantitative estimate of drug-likeness (QED) is 0.837. The van der Waals surface area contributed by atoms with E-state index in [1.807, 2.05) is 24.3 Å². The second-order valence-electron chi connectivity index (χ2n) is 3.27. The van der Waals surface area contributed by atoms with Gasteiger partial charge < -0.3 is 10.5 Å². The Morgan fingerprint density at radius 3 is 2.94 bits per heavy atom. The standard InChI is InChI=1S/C12H11N3O/c13-5-6-16-12-9(7-14)8-15-11-4-2-1-3-10(11)12/h1-4,8H,5-6,13H2. The Morgan fingerprint density at radius 2 is 2.19 bits per heavy atom. The second-order valence-corrected chi connectivity index (χ2v) is 3.27. The Hall–Kier alpha value is -2.12. The highest BCUT2D eigenvalue weighted by molar-refractivity contribution is 5.86. The van der Waals surface area contributed by atoms with Crippen molar-refractivity contribution < 1.29 is 4.74 Å². The maximum absolute atomic E-state index is 8.98. The normalized spacial score (nSPS) is 10.0. The van der Waals surface area contributed by atoms with Crippen LogP contribution in [-0.4, -0.2) is 18.1 Å². The molecule has 0 bridgehead atoms. The highest BCUT2D eigenvalue weighted by Crippen LogP contribution is 2.27. The molecule has 0 unspecified atom stereocenters. The molecule has 1 aromatic heterocycles. The van der Waals surface area contributed by atoms with Crippen molar-refractivity contribution in [2.45, 2.75) is 0 Å². The summed E-state index contributed by atoms with van der Waals surface area (Å²) in [7, 11) is 0. The van der Waals surface area contributed by atoms with E-state index in [1.165, 1.54) is 6.20 Å². The fourth-order valence-corrected chi connectivity index (χ4v) is 1.51. The van der Waals surface area contributed by atoms with Crippen molar-refractivity contribution in [3.63, 3.8) is 0 Å². The lowest BCUT2D eigenvalue weighted by molar-refractivity contribution is 0.331. The van der Waals surface area contributed by atoms with Crippen LogP contribution in [0.15, 0.2) is 30.5 Å². The fraction of sp³-hybridized carbons (Fsp3) is 0.167. The summed E-state index contributed by atoms with van der Waals surface area (Å²) in [6.45, 7) is 0.810. The Labute approximate surface area is 93.3 Å². The van der Waals surface area contributed by atoms with Gasteiger partial charge in [0.25, 0.3) is 0 Å². The summed E-state index contributed by atoms with van der Waals surface area (Å²) in [5.74, 6) is 0.568. The van der Waals surface area contributed by atoms with Crippen molar-refractivity contribution >= 4 is 10.9 Å². The minimum absolute atomic E-state index is 0.392. The average Bonchev–Trinajstić information content (AvgIpc) is 2.35. The number of nitrogens with zero attached hydrogens (tertiary/aromatic N) is 2. The van der Waals surface area contributed by atoms with Gasteiger partial charge >= 0.3 is 0 Å². The van der Waals surface area contributed by atoms with Crippen molar-refractivity contribution in [3.05, 3.63) is 36.0 Å². The highest BCUT2D eigenvalue weighted by atomic mass is 16.5. The lowest BCUT2D eigenvalue weighted by Gasteiger charge is -2.09. The first-order valence-corrected chi connectivity index (χ1v) is 4.97. The molecule has 0 spiro atoms. The van der Waals surface area contributed by atoms with Crippen LogP contribution in [0.2, 0.25) is 0 Å². The summed E-state index contributed by atoms with van der Waals surface area (Å²) >= 11 is 0. The molecule has 1 aromatic carbocycles. The van der Waals surface area contributed by atoms with E-state index in [0.717, 1.165) is 10.9 Å². The van der Waals surface area contributed by atoms with Gasteiger partial charge in [0.2, 0.25) is 0 Å². The molecule has 2 aromatic rings. The third-order valence-electron chi connectivity index (χ3n) is 2.21. The van der Waals surface area contributed by atoms with Crippen LogP contribution in [0, 0.1) is 11.3 Å². The molecule has 2 rings (SSSR count).